The summed E-state index contributed by atoms with van der Waals surface area (Å²) >= 11 is 0. The zero-order chi connectivity index (χ0) is 13.9. The first-order valence-corrected chi connectivity index (χ1v) is 8.12. The van der Waals surface area contributed by atoms with Crippen molar-refractivity contribution in [1.29, 1.82) is 0 Å². The van der Waals surface area contributed by atoms with Crippen LogP contribution in [0.2, 0.25) is 0 Å². The molecule has 3 rings (SSSR count). The summed E-state index contributed by atoms with van der Waals surface area (Å²) in [7, 11) is 0. The quantitative estimate of drug-likeness (QED) is 0.799. The standard InChI is InChI=1S/C15H27N3O2/c1-11-10-18(14-5-3-2-4-13(11)14)15(19)17-9-12-8-16-6-7-20-12/h11-14,16H,2-10H2,1H3,(H,17,19). The molecule has 2 heterocycles. The first kappa shape index (κ1) is 14.1. The van der Waals surface area contributed by atoms with Crippen molar-refractivity contribution in [2.24, 2.45) is 11.8 Å². The van der Waals surface area contributed by atoms with E-state index in [0.717, 1.165) is 32.2 Å². The molecule has 5 nitrogen and oxygen atoms in total. The molecule has 0 aromatic rings. The Labute approximate surface area is 121 Å². The molecule has 1 saturated carbocycles. The number of morpholine rings is 1. The third-order valence-electron chi connectivity index (χ3n) is 5.14. The van der Waals surface area contributed by atoms with E-state index in [4.69, 9.17) is 4.74 Å². The molecule has 4 atom stereocenters. The van der Waals surface area contributed by atoms with Gasteiger partial charge in [0.25, 0.3) is 0 Å². The Morgan fingerprint density at radius 1 is 1.40 bits per heavy atom. The van der Waals surface area contributed by atoms with Crippen molar-refractivity contribution < 1.29 is 9.53 Å². The number of rotatable bonds is 2. The lowest BCUT2D eigenvalue weighted by Crippen LogP contribution is -2.50. The van der Waals surface area contributed by atoms with Gasteiger partial charge in [0.1, 0.15) is 0 Å². The molecule has 2 saturated heterocycles. The van der Waals surface area contributed by atoms with Gasteiger partial charge in [0, 0.05) is 32.2 Å². The van der Waals surface area contributed by atoms with Crippen LogP contribution >= 0.6 is 0 Å². The maximum absolute atomic E-state index is 12.4. The summed E-state index contributed by atoms with van der Waals surface area (Å²) in [4.78, 5) is 14.5. The zero-order valence-electron chi connectivity index (χ0n) is 12.4. The Hall–Kier alpha value is -0.810. The van der Waals surface area contributed by atoms with Crippen molar-refractivity contribution in [3.05, 3.63) is 0 Å². The lowest BCUT2D eigenvalue weighted by atomic mass is 9.80. The SMILES string of the molecule is CC1CN(C(=O)NCC2CNCCO2)C2CCCCC12. The second kappa shape index (κ2) is 6.31. The maximum Gasteiger partial charge on any atom is 0.317 e. The number of hydrogen-bond donors (Lipinski definition) is 2. The molecule has 0 bridgehead atoms. The molecule has 5 heteroatoms. The van der Waals surface area contributed by atoms with Gasteiger partial charge in [0.15, 0.2) is 0 Å². The van der Waals surface area contributed by atoms with E-state index in [0.29, 0.717) is 18.5 Å². The molecule has 20 heavy (non-hydrogen) atoms. The molecule has 3 aliphatic rings. The number of nitrogens with zero attached hydrogens (tertiary/aromatic N) is 1. The van der Waals surface area contributed by atoms with Crippen molar-refractivity contribution >= 4 is 6.03 Å². The molecule has 2 N–H and O–H groups in total. The molecule has 0 radical (unpaired) electrons. The van der Waals surface area contributed by atoms with Gasteiger partial charge in [-0.05, 0) is 24.7 Å². The number of likely N-dealkylation sites (tertiary alicyclic amines) is 1. The molecule has 4 unspecified atom stereocenters. The van der Waals surface area contributed by atoms with Crippen LogP contribution in [-0.4, -0.2) is 55.9 Å². The summed E-state index contributed by atoms with van der Waals surface area (Å²) in [6, 6.07) is 0.588. The second-order valence-electron chi connectivity index (χ2n) is 6.53. The normalized spacial score (nSPS) is 37.5. The number of nitrogens with one attached hydrogen (secondary N) is 2. The van der Waals surface area contributed by atoms with Gasteiger partial charge < -0.3 is 20.3 Å². The molecular formula is C15H27N3O2. The van der Waals surface area contributed by atoms with Gasteiger partial charge in [-0.1, -0.05) is 19.8 Å². The fourth-order valence-electron chi connectivity index (χ4n) is 4.06. The molecule has 2 aliphatic heterocycles. The van der Waals surface area contributed by atoms with E-state index in [1.165, 1.54) is 25.7 Å². The monoisotopic (exact) mass is 281 g/mol. The number of fused-ring (bicyclic) bond motifs is 1. The van der Waals surface area contributed by atoms with Crippen LogP contribution in [0.4, 0.5) is 4.79 Å². The van der Waals surface area contributed by atoms with E-state index >= 15 is 0 Å². The summed E-state index contributed by atoms with van der Waals surface area (Å²) in [5, 5.41) is 6.36. The summed E-state index contributed by atoms with van der Waals surface area (Å²) in [6.07, 6.45) is 5.21. The Morgan fingerprint density at radius 2 is 2.25 bits per heavy atom. The average Bonchev–Trinajstić information content (AvgIpc) is 2.84. The molecule has 0 spiro atoms. The van der Waals surface area contributed by atoms with Gasteiger partial charge in [-0.15, -0.1) is 0 Å². The predicted molar refractivity (Wildman–Crippen MR) is 77.6 cm³/mol. The first-order chi connectivity index (χ1) is 9.75. The highest BCUT2D eigenvalue weighted by atomic mass is 16.5. The van der Waals surface area contributed by atoms with Crippen LogP contribution < -0.4 is 10.6 Å². The summed E-state index contributed by atoms with van der Waals surface area (Å²) in [6.45, 7) is 6.33. The highest BCUT2D eigenvalue weighted by molar-refractivity contribution is 5.75. The van der Waals surface area contributed by atoms with Gasteiger partial charge in [-0.2, -0.15) is 0 Å². The summed E-state index contributed by atoms with van der Waals surface area (Å²) < 4.78 is 5.62. The van der Waals surface area contributed by atoms with Crippen molar-refractivity contribution in [1.82, 2.24) is 15.5 Å². The smallest absolute Gasteiger partial charge is 0.317 e. The fourth-order valence-corrected chi connectivity index (χ4v) is 4.06. The van der Waals surface area contributed by atoms with Gasteiger partial charge in [-0.25, -0.2) is 4.79 Å². The maximum atomic E-state index is 12.4. The zero-order valence-corrected chi connectivity index (χ0v) is 12.4. The highest BCUT2D eigenvalue weighted by Gasteiger charge is 2.42. The Kier molecular flexibility index (Phi) is 4.46. The number of urea groups is 1. The number of amides is 2. The fraction of sp³-hybridized carbons (Fsp3) is 0.933. The molecular weight excluding hydrogens is 254 g/mol. The minimum Gasteiger partial charge on any atom is -0.374 e. The number of ether oxygens (including phenoxy) is 1. The van der Waals surface area contributed by atoms with E-state index in [2.05, 4.69) is 22.5 Å². The second-order valence-corrected chi connectivity index (χ2v) is 6.53. The van der Waals surface area contributed by atoms with E-state index in [-0.39, 0.29) is 12.1 Å². The van der Waals surface area contributed by atoms with Crippen LogP contribution in [0.3, 0.4) is 0 Å². The number of hydrogen-bond acceptors (Lipinski definition) is 3. The number of carbonyl (C=O) groups is 1. The van der Waals surface area contributed by atoms with Gasteiger partial charge >= 0.3 is 6.03 Å². The van der Waals surface area contributed by atoms with E-state index in [9.17, 15) is 4.79 Å². The Balaban J connectivity index is 1.51. The molecule has 1 aliphatic carbocycles. The lowest BCUT2D eigenvalue weighted by Gasteiger charge is -2.32. The summed E-state index contributed by atoms with van der Waals surface area (Å²) in [5.41, 5.74) is 0. The first-order valence-electron chi connectivity index (χ1n) is 8.12. The minimum atomic E-state index is 0.112. The van der Waals surface area contributed by atoms with Gasteiger partial charge in [0.2, 0.25) is 0 Å². The van der Waals surface area contributed by atoms with Crippen LogP contribution in [0.15, 0.2) is 0 Å². The molecule has 0 aromatic carbocycles. The molecule has 0 aromatic heterocycles. The van der Waals surface area contributed by atoms with Crippen molar-refractivity contribution in [2.75, 3.05) is 32.8 Å². The Bertz CT molecular complexity index is 344. The van der Waals surface area contributed by atoms with Crippen LogP contribution in [0.1, 0.15) is 32.6 Å². The third kappa shape index (κ3) is 2.93. The average molecular weight is 281 g/mol. The summed E-state index contributed by atoms with van der Waals surface area (Å²) in [5.74, 6) is 1.38. The van der Waals surface area contributed by atoms with Gasteiger partial charge in [-0.3, -0.25) is 0 Å². The topological polar surface area (TPSA) is 53.6 Å². The Morgan fingerprint density at radius 3 is 3.05 bits per heavy atom. The van der Waals surface area contributed by atoms with Gasteiger partial charge in [0.05, 0.1) is 12.7 Å². The van der Waals surface area contributed by atoms with Crippen LogP contribution in [0, 0.1) is 11.8 Å². The van der Waals surface area contributed by atoms with E-state index in [1.807, 2.05) is 0 Å². The van der Waals surface area contributed by atoms with Crippen molar-refractivity contribution in [3.63, 3.8) is 0 Å². The molecule has 3 fully saturated rings. The third-order valence-corrected chi connectivity index (χ3v) is 5.14. The molecule has 114 valence electrons. The largest absolute Gasteiger partial charge is 0.374 e. The molecule has 2 amide bonds. The van der Waals surface area contributed by atoms with Crippen molar-refractivity contribution in [3.8, 4) is 0 Å². The van der Waals surface area contributed by atoms with Crippen LogP contribution in [0.5, 0.6) is 0 Å². The van der Waals surface area contributed by atoms with E-state index in [1.54, 1.807) is 0 Å². The minimum absolute atomic E-state index is 0.112. The predicted octanol–water partition coefficient (Wildman–Crippen LogP) is 1.19. The van der Waals surface area contributed by atoms with E-state index < -0.39 is 0 Å². The highest BCUT2D eigenvalue weighted by Crippen LogP contribution is 2.39. The number of carbonyl (C=O) groups excluding carboxylic acids is 1. The van der Waals surface area contributed by atoms with Crippen LogP contribution in [0.25, 0.3) is 0 Å². The van der Waals surface area contributed by atoms with Crippen molar-refractivity contribution in [2.45, 2.75) is 44.8 Å². The lowest BCUT2D eigenvalue weighted by molar-refractivity contribution is 0.0296. The van der Waals surface area contributed by atoms with Crippen LogP contribution in [-0.2, 0) is 4.74 Å².